The van der Waals surface area contributed by atoms with Gasteiger partial charge in [0.2, 0.25) is 0 Å². The third-order valence-electron chi connectivity index (χ3n) is 4.41. The zero-order valence-electron chi connectivity index (χ0n) is 12.8. The van der Waals surface area contributed by atoms with E-state index in [-0.39, 0.29) is 17.5 Å². The van der Waals surface area contributed by atoms with Gasteiger partial charge >= 0.3 is 6.18 Å². The molecule has 3 rings (SSSR count). The van der Waals surface area contributed by atoms with E-state index in [9.17, 15) is 18.0 Å². The molecule has 0 spiro atoms. The Labute approximate surface area is 141 Å². The van der Waals surface area contributed by atoms with Gasteiger partial charge in [0, 0.05) is 24.4 Å². The van der Waals surface area contributed by atoms with Crippen LogP contribution in [-0.2, 0) is 11.0 Å². The summed E-state index contributed by atoms with van der Waals surface area (Å²) >= 11 is 6.26. The standard InChI is InChI=1S/C16H15ClF3N3O/c1-9-7-23(5-4-10(9)8-24)14-11-2-3-13(16(18,19)20)22-15(11)21-6-12(14)17/h2-3,6,8-10H,4-5,7H2,1H3. The minimum absolute atomic E-state index is 0.00869. The van der Waals surface area contributed by atoms with Crippen LogP contribution in [0, 0.1) is 11.8 Å². The first-order valence-electron chi connectivity index (χ1n) is 7.54. The van der Waals surface area contributed by atoms with E-state index < -0.39 is 11.9 Å². The van der Waals surface area contributed by atoms with Gasteiger partial charge in [-0.25, -0.2) is 9.97 Å². The summed E-state index contributed by atoms with van der Waals surface area (Å²) in [7, 11) is 0. The summed E-state index contributed by atoms with van der Waals surface area (Å²) in [6, 6.07) is 2.29. The first-order chi connectivity index (χ1) is 11.3. The molecule has 1 aliphatic heterocycles. The van der Waals surface area contributed by atoms with E-state index in [1.807, 2.05) is 11.8 Å². The molecule has 0 radical (unpaired) electrons. The lowest BCUT2D eigenvalue weighted by atomic mass is 9.88. The number of carbonyl (C=O) groups excluding carboxylic acids is 1. The van der Waals surface area contributed by atoms with Crippen LogP contribution in [0.4, 0.5) is 18.9 Å². The predicted molar refractivity (Wildman–Crippen MR) is 85.1 cm³/mol. The summed E-state index contributed by atoms with van der Waals surface area (Å²) in [6.07, 6.45) is -1.56. The van der Waals surface area contributed by atoms with Crippen LogP contribution in [0.15, 0.2) is 18.3 Å². The Balaban J connectivity index is 2.04. The molecular formula is C16H15ClF3N3O. The van der Waals surface area contributed by atoms with Crippen molar-refractivity contribution in [1.82, 2.24) is 9.97 Å². The summed E-state index contributed by atoms with van der Waals surface area (Å²) in [5, 5.41) is 0.841. The second kappa shape index (κ2) is 6.20. The molecule has 8 heteroatoms. The maximum Gasteiger partial charge on any atom is 0.433 e. The predicted octanol–water partition coefficient (Wildman–Crippen LogP) is 3.96. The number of nitrogens with zero attached hydrogens (tertiary/aromatic N) is 3. The Morgan fingerprint density at radius 1 is 1.38 bits per heavy atom. The van der Waals surface area contributed by atoms with Gasteiger partial charge in [-0.3, -0.25) is 0 Å². The number of anilines is 1. The molecule has 4 nitrogen and oxygen atoms in total. The van der Waals surface area contributed by atoms with Gasteiger partial charge in [-0.15, -0.1) is 0 Å². The highest BCUT2D eigenvalue weighted by Gasteiger charge is 2.33. The number of piperidine rings is 1. The Morgan fingerprint density at radius 2 is 2.12 bits per heavy atom. The smallest absolute Gasteiger partial charge is 0.369 e. The van der Waals surface area contributed by atoms with Crippen molar-refractivity contribution >= 4 is 34.6 Å². The lowest BCUT2D eigenvalue weighted by molar-refractivity contribution is -0.141. The van der Waals surface area contributed by atoms with E-state index >= 15 is 0 Å². The molecule has 1 fully saturated rings. The van der Waals surface area contributed by atoms with Crippen molar-refractivity contribution in [2.45, 2.75) is 19.5 Å². The fourth-order valence-electron chi connectivity index (χ4n) is 3.09. The number of rotatable bonds is 2. The number of hydrogen-bond donors (Lipinski definition) is 0. The molecule has 0 aromatic carbocycles. The maximum absolute atomic E-state index is 12.8. The molecule has 1 saturated heterocycles. The first-order valence-corrected chi connectivity index (χ1v) is 7.91. The van der Waals surface area contributed by atoms with Crippen molar-refractivity contribution < 1.29 is 18.0 Å². The Morgan fingerprint density at radius 3 is 2.75 bits per heavy atom. The molecule has 1 aliphatic rings. The van der Waals surface area contributed by atoms with Crippen molar-refractivity contribution in [2.24, 2.45) is 11.8 Å². The second-order valence-corrected chi connectivity index (χ2v) is 6.44. The zero-order chi connectivity index (χ0) is 17.5. The second-order valence-electron chi connectivity index (χ2n) is 6.03. The summed E-state index contributed by atoms with van der Waals surface area (Å²) in [6.45, 7) is 3.18. The number of aromatic nitrogens is 2. The SMILES string of the molecule is CC1CN(c2c(Cl)cnc3nc(C(F)(F)F)ccc23)CCC1C=O. The highest BCUT2D eigenvalue weighted by molar-refractivity contribution is 6.34. The average Bonchev–Trinajstić information content (AvgIpc) is 2.53. The molecule has 0 saturated carbocycles. The van der Waals surface area contributed by atoms with Crippen LogP contribution in [0.1, 0.15) is 19.0 Å². The van der Waals surface area contributed by atoms with E-state index in [0.29, 0.717) is 35.6 Å². The van der Waals surface area contributed by atoms with Crippen LogP contribution < -0.4 is 4.90 Å². The normalized spacial score (nSPS) is 22.0. The molecular weight excluding hydrogens is 343 g/mol. The molecule has 3 heterocycles. The first kappa shape index (κ1) is 17.0. The molecule has 2 atom stereocenters. The van der Waals surface area contributed by atoms with Gasteiger partial charge in [0.15, 0.2) is 5.65 Å². The van der Waals surface area contributed by atoms with Crippen molar-refractivity contribution in [3.05, 3.63) is 29.0 Å². The Hall–Kier alpha value is -1.89. The van der Waals surface area contributed by atoms with Crippen molar-refractivity contribution in [1.29, 1.82) is 0 Å². The number of pyridine rings is 2. The molecule has 0 amide bonds. The number of hydrogen-bond acceptors (Lipinski definition) is 4. The van der Waals surface area contributed by atoms with Gasteiger partial charge in [0.05, 0.1) is 16.9 Å². The lowest BCUT2D eigenvalue weighted by Crippen LogP contribution is -2.40. The topological polar surface area (TPSA) is 46.1 Å². The van der Waals surface area contributed by atoms with Crippen molar-refractivity contribution in [2.75, 3.05) is 18.0 Å². The molecule has 2 aromatic heterocycles. The van der Waals surface area contributed by atoms with Crippen molar-refractivity contribution in [3.63, 3.8) is 0 Å². The van der Waals surface area contributed by atoms with E-state index in [2.05, 4.69) is 9.97 Å². The fraction of sp³-hybridized carbons (Fsp3) is 0.438. The minimum Gasteiger partial charge on any atom is -0.369 e. The minimum atomic E-state index is -4.52. The number of fused-ring (bicyclic) bond motifs is 1. The van der Waals surface area contributed by atoms with E-state index in [1.165, 1.54) is 12.3 Å². The highest BCUT2D eigenvalue weighted by Crippen LogP contribution is 2.37. The maximum atomic E-state index is 12.8. The number of alkyl halides is 3. The van der Waals surface area contributed by atoms with Gasteiger partial charge in [-0.1, -0.05) is 18.5 Å². The molecule has 2 aromatic rings. The number of carbonyl (C=O) groups is 1. The van der Waals surface area contributed by atoms with E-state index in [0.717, 1.165) is 12.4 Å². The fourth-order valence-corrected chi connectivity index (χ4v) is 3.36. The molecule has 2 unspecified atom stereocenters. The van der Waals surface area contributed by atoms with Gasteiger partial charge in [0.1, 0.15) is 12.0 Å². The zero-order valence-corrected chi connectivity index (χ0v) is 13.6. The van der Waals surface area contributed by atoms with Crippen molar-refractivity contribution in [3.8, 4) is 0 Å². The quantitative estimate of drug-likeness (QED) is 0.763. The molecule has 0 aliphatic carbocycles. The molecule has 128 valence electrons. The van der Waals surface area contributed by atoms with Crippen LogP contribution in [0.2, 0.25) is 5.02 Å². The van der Waals surface area contributed by atoms with Crippen LogP contribution in [0.5, 0.6) is 0 Å². The van der Waals surface area contributed by atoms with Gasteiger partial charge < -0.3 is 9.69 Å². The third-order valence-corrected chi connectivity index (χ3v) is 4.69. The van der Waals surface area contributed by atoms with Crippen LogP contribution in [-0.4, -0.2) is 29.3 Å². The average molecular weight is 358 g/mol. The highest BCUT2D eigenvalue weighted by atomic mass is 35.5. The number of halogens is 4. The monoisotopic (exact) mass is 357 g/mol. The molecule has 24 heavy (non-hydrogen) atoms. The summed E-state index contributed by atoms with van der Waals surface area (Å²) < 4.78 is 38.5. The van der Waals surface area contributed by atoms with E-state index in [1.54, 1.807) is 0 Å². The lowest BCUT2D eigenvalue weighted by Gasteiger charge is -2.36. The van der Waals surface area contributed by atoms with E-state index in [4.69, 9.17) is 11.6 Å². The summed E-state index contributed by atoms with van der Waals surface area (Å²) in [5.74, 6) is 0.126. The Kier molecular flexibility index (Phi) is 4.38. The van der Waals surface area contributed by atoms with Crippen LogP contribution in [0.25, 0.3) is 11.0 Å². The Bertz CT molecular complexity index is 781. The van der Waals surface area contributed by atoms with Crippen LogP contribution in [0.3, 0.4) is 0 Å². The van der Waals surface area contributed by atoms with Gasteiger partial charge in [0.25, 0.3) is 0 Å². The molecule has 0 bridgehead atoms. The van der Waals surface area contributed by atoms with Gasteiger partial charge in [-0.05, 0) is 24.5 Å². The number of aldehydes is 1. The summed E-state index contributed by atoms with van der Waals surface area (Å²) in [5.41, 5.74) is -0.350. The van der Waals surface area contributed by atoms with Crippen LogP contribution >= 0.6 is 11.6 Å². The molecule has 0 N–H and O–H groups in total. The third kappa shape index (κ3) is 3.05. The largest absolute Gasteiger partial charge is 0.433 e. The van der Waals surface area contributed by atoms with Gasteiger partial charge in [-0.2, -0.15) is 13.2 Å². The summed E-state index contributed by atoms with van der Waals surface area (Å²) in [4.78, 5) is 20.6.